The van der Waals surface area contributed by atoms with Crippen molar-refractivity contribution < 1.29 is 22.3 Å². The van der Waals surface area contributed by atoms with E-state index in [4.69, 9.17) is 4.74 Å². The number of benzene rings is 1. The molecule has 1 aromatic carbocycles. The summed E-state index contributed by atoms with van der Waals surface area (Å²) in [5, 5.41) is 0. The average Bonchev–Trinajstić information content (AvgIpc) is 2.67. The van der Waals surface area contributed by atoms with Crippen LogP contribution in [0, 0.1) is 5.82 Å². The Hall–Kier alpha value is -1.51. The predicted molar refractivity (Wildman–Crippen MR) is 94.6 cm³/mol. The summed E-state index contributed by atoms with van der Waals surface area (Å²) in [6.45, 7) is 1.73. The molecule has 0 unspecified atom stereocenters. The molecule has 1 aromatic rings. The van der Waals surface area contributed by atoms with Gasteiger partial charge < -0.3 is 9.64 Å². The molecule has 1 saturated heterocycles. The van der Waals surface area contributed by atoms with Crippen LogP contribution in [0.3, 0.4) is 0 Å². The molecule has 1 saturated carbocycles. The summed E-state index contributed by atoms with van der Waals surface area (Å²) in [5.41, 5.74) is 0. The first-order valence-corrected chi connectivity index (χ1v) is 10.6. The average molecular weight is 384 g/mol. The Bertz CT molecular complexity index is 711. The summed E-state index contributed by atoms with van der Waals surface area (Å²) in [4.78, 5) is 14.4. The van der Waals surface area contributed by atoms with Crippen LogP contribution in [-0.2, 0) is 19.6 Å². The molecule has 1 amide bonds. The maximum Gasteiger partial charge on any atom is 0.243 e. The van der Waals surface area contributed by atoms with E-state index in [1.807, 2.05) is 0 Å². The monoisotopic (exact) mass is 384 g/mol. The van der Waals surface area contributed by atoms with Gasteiger partial charge in [0.1, 0.15) is 5.82 Å². The molecule has 3 rings (SSSR count). The lowest BCUT2D eigenvalue weighted by atomic mass is 9.95. The minimum absolute atomic E-state index is 0.0271. The second-order valence-corrected chi connectivity index (χ2v) is 8.68. The van der Waals surface area contributed by atoms with E-state index in [0.29, 0.717) is 26.3 Å². The molecule has 1 aliphatic heterocycles. The third-order valence-electron chi connectivity index (χ3n) is 5.06. The highest BCUT2D eigenvalue weighted by Gasteiger charge is 2.35. The van der Waals surface area contributed by atoms with Gasteiger partial charge in [0, 0.05) is 19.1 Å². The fourth-order valence-electron chi connectivity index (χ4n) is 3.57. The Balaban J connectivity index is 1.84. The molecule has 1 aliphatic carbocycles. The SMILES string of the molecule is O=C(CN(C1CCCCC1)S(=O)(=O)c1ccc(F)cc1)N1CCOCC1. The summed E-state index contributed by atoms with van der Waals surface area (Å²) in [5.74, 6) is -0.692. The van der Waals surface area contributed by atoms with Gasteiger partial charge in [0.15, 0.2) is 0 Å². The molecule has 144 valence electrons. The topological polar surface area (TPSA) is 66.9 Å². The van der Waals surface area contributed by atoms with Crippen molar-refractivity contribution in [2.24, 2.45) is 0 Å². The highest BCUT2D eigenvalue weighted by molar-refractivity contribution is 7.89. The van der Waals surface area contributed by atoms with Gasteiger partial charge in [-0.15, -0.1) is 0 Å². The van der Waals surface area contributed by atoms with Crippen LogP contribution in [0.2, 0.25) is 0 Å². The van der Waals surface area contributed by atoms with Gasteiger partial charge >= 0.3 is 0 Å². The standard InChI is InChI=1S/C18H25FN2O4S/c19-15-6-8-17(9-7-15)26(23,24)21(16-4-2-1-3-5-16)14-18(22)20-10-12-25-13-11-20/h6-9,16H,1-5,10-14H2. The second kappa shape index (κ2) is 8.45. The Morgan fingerprint density at radius 1 is 1.12 bits per heavy atom. The van der Waals surface area contributed by atoms with Crippen molar-refractivity contribution in [1.29, 1.82) is 0 Å². The lowest BCUT2D eigenvalue weighted by molar-refractivity contribution is -0.135. The van der Waals surface area contributed by atoms with Gasteiger partial charge in [0.25, 0.3) is 0 Å². The number of sulfonamides is 1. The Morgan fingerprint density at radius 2 is 1.73 bits per heavy atom. The van der Waals surface area contributed by atoms with Gasteiger partial charge in [-0.2, -0.15) is 4.31 Å². The first-order valence-electron chi connectivity index (χ1n) is 9.11. The van der Waals surface area contributed by atoms with Gasteiger partial charge in [-0.25, -0.2) is 12.8 Å². The van der Waals surface area contributed by atoms with Crippen molar-refractivity contribution >= 4 is 15.9 Å². The number of carbonyl (C=O) groups excluding carboxylic acids is 1. The summed E-state index contributed by atoms with van der Waals surface area (Å²) in [6, 6.07) is 4.61. The van der Waals surface area contributed by atoms with Crippen molar-refractivity contribution in [2.75, 3.05) is 32.8 Å². The Morgan fingerprint density at radius 3 is 2.35 bits per heavy atom. The minimum atomic E-state index is -3.86. The highest BCUT2D eigenvalue weighted by Crippen LogP contribution is 2.28. The molecule has 0 aromatic heterocycles. The molecule has 26 heavy (non-hydrogen) atoms. The van der Waals surface area contributed by atoms with Gasteiger partial charge in [0.05, 0.1) is 24.7 Å². The number of hydrogen-bond donors (Lipinski definition) is 0. The van der Waals surface area contributed by atoms with Crippen molar-refractivity contribution in [3.05, 3.63) is 30.1 Å². The smallest absolute Gasteiger partial charge is 0.243 e. The summed E-state index contributed by atoms with van der Waals surface area (Å²) in [6.07, 6.45) is 4.48. The van der Waals surface area contributed by atoms with Gasteiger partial charge in [-0.05, 0) is 37.1 Å². The van der Waals surface area contributed by atoms with Crippen LogP contribution in [0.4, 0.5) is 4.39 Å². The highest BCUT2D eigenvalue weighted by atomic mass is 32.2. The number of morpholine rings is 1. The summed E-state index contributed by atoms with van der Waals surface area (Å²) < 4.78 is 46.1. The van der Waals surface area contributed by atoms with Crippen LogP contribution in [0.25, 0.3) is 0 Å². The predicted octanol–water partition coefficient (Wildman–Crippen LogP) is 2.01. The van der Waals surface area contributed by atoms with Crippen LogP contribution in [-0.4, -0.2) is 62.4 Å². The maximum absolute atomic E-state index is 13.2. The fourth-order valence-corrected chi connectivity index (χ4v) is 5.20. The van der Waals surface area contributed by atoms with Crippen LogP contribution in [0.5, 0.6) is 0 Å². The van der Waals surface area contributed by atoms with Crippen LogP contribution < -0.4 is 0 Å². The molecule has 6 nitrogen and oxygen atoms in total. The second-order valence-electron chi connectivity index (χ2n) is 6.79. The van der Waals surface area contributed by atoms with Gasteiger partial charge in [-0.1, -0.05) is 19.3 Å². The molecule has 1 heterocycles. The molecule has 8 heteroatoms. The number of rotatable bonds is 5. The maximum atomic E-state index is 13.2. The number of nitrogens with zero attached hydrogens (tertiary/aromatic N) is 2. The molecule has 2 aliphatic rings. The van der Waals surface area contributed by atoms with Gasteiger partial charge in [-0.3, -0.25) is 4.79 Å². The van der Waals surface area contributed by atoms with Crippen molar-refractivity contribution in [3.63, 3.8) is 0 Å². The zero-order valence-electron chi connectivity index (χ0n) is 14.8. The van der Waals surface area contributed by atoms with E-state index in [0.717, 1.165) is 44.2 Å². The Labute approximate surface area is 154 Å². The molecule has 2 fully saturated rings. The number of carbonyl (C=O) groups is 1. The first-order chi connectivity index (χ1) is 12.5. The number of amides is 1. The molecular formula is C18H25FN2O4S. The molecule has 0 radical (unpaired) electrons. The molecule has 0 bridgehead atoms. The van der Waals surface area contributed by atoms with E-state index in [1.165, 1.54) is 16.4 Å². The lowest BCUT2D eigenvalue weighted by Crippen LogP contribution is -2.50. The van der Waals surface area contributed by atoms with E-state index in [2.05, 4.69) is 0 Å². The van der Waals surface area contributed by atoms with Crippen LogP contribution >= 0.6 is 0 Å². The van der Waals surface area contributed by atoms with E-state index >= 15 is 0 Å². The normalized spacial score (nSPS) is 19.7. The summed E-state index contributed by atoms with van der Waals surface area (Å²) in [7, 11) is -3.86. The van der Waals surface area contributed by atoms with Crippen LogP contribution in [0.15, 0.2) is 29.2 Å². The molecular weight excluding hydrogens is 359 g/mol. The number of hydrogen-bond acceptors (Lipinski definition) is 4. The molecule has 0 atom stereocenters. The number of ether oxygens (including phenoxy) is 1. The van der Waals surface area contributed by atoms with E-state index in [1.54, 1.807) is 4.90 Å². The first kappa shape index (κ1) is 19.3. The van der Waals surface area contributed by atoms with Gasteiger partial charge in [0.2, 0.25) is 15.9 Å². The third kappa shape index (κ3) is 4.42. The minimum Gasteiger partial charge on any atom is -0.378 e. The lowest BCUT2D eigenvalue weighted by Gasteiger charge is -2.35. The van der Waals surface area contributed by atoms with Crippen molar-refractivity contribution in [2.45, 2.75) is 43.0 Å². The molecule has 0 N–H and O–H groups in total. The largest absolute Gasteiger partial charge is 0.378 e. The van der Waals surface area contributed by atoms with E-state index in [9.17, 15) is 17.6 Å². The number of halogens is 1. The van der Waals surface area contributed by atoms with Crippen molar-refractivity contribution in [3.8, 4) is 0 Å². The third-order valence-corrected chi connectivity index (χ3v) is 6.97. The van der Waals surface area contributed by atoms with E-state index in [-0.39, 0.29) is 23.4 Å². The van der Waals surface area contributed by atoms with E-state index < -0.39 is 15.8 Å². The zero-order valence-corrected chi connectivity index (χ0v) is 15.6. The Kier molecular flexibility index (Phi) is 6.26. The van der Waals surface area contributed by atoms with Crippen molar-refractivity contribution in [1.82, 2.24) is 9.21 Å². The summed E-state index contributed by atoms with van der Waals surface area (Å²) >= 11 is 0. The van der Waals surface area contributed by atoms with Crippen LogP contribution in [0.1, 0.15) is 32.1 Å². The fraction of sp³-hybridized carbons (Fsp3) is 0.611. The zero-order chi connectivity index (χ0) is 18.6. The molecule has 0 spiro atoms. The quantitative estimate of drug-likeness (QED) is 0.779.